The largest absolute Gasteiger partial charge is 0.311 e. The summed E-state index contributed by atoms with van der Waals surface area (Å²) in [5.74, 6) is 1.10. The molecule has 120 valence electrons. The molecule has 1 saturated heterocycles. The Balaban J connectivity index is 2.06. The molecule has 0 radical (unpaired) electrons. The average molecular weight is 293 g/mol. The van der Waals surface area contributed by atoms with Crippen molar-refractivity contribution >= 4 is 0 Å². The third-order valence-corrected chi connectivity index (χ3v) is 4.35. The Morgan fingerprint density at radius 1 is 1.29 bits per heavy atom. The first kappa shape index (κ1) is 16.4. The molecule has 0 saturated carbocycles. The number of aromatic nitrogens is 3. The van der Waals surface area contributed by atoms with E-state index in [0.29, 0.717) is 18.1 Å². The molecular formula is C16H31N5. The molecule has 1 aliphatic rings. The van der Waals surface area contributed by atoms with Crippen LogP contribution in [0.3, 0.4) is 0 Å². The van der Waals surface area contributed by atoms with Crippen LogP contribution in [0.15, 0.2) is 6.33 Å². The molecule has 0 spiro atoms. The van der Waals surface area contributed by atoms with Crippen LogP contribution in [0.1, 0.15) is 65.2 Å². The highest BCUT2D eigenvalue weighted by molar-refractivity contribution is 4.92. The van der Waals surface area contributed by atoms with Crippen LogP contribution in [0.4, 0.5) is 0 Å². The maximum absolute atomic E-state index is 4.49. The topological polar surface area (TPSA) is 46.0 Å². The zero-order valence-electron chi connectivity index (χ0n) is 14.0. The Labute approximate surface area is 129 Å². The summed E-state index contributed by atoms with van der Waals surface area (Å²) < 4.78 is 2.06. The van der Waals surface area contributed by atoms with Crippen molar-refractivity contribution in [3.63, 3.8) is 0 Å². The van der Waals surface area contributed by atoms with Crippen LogP contribution < -0.4 is 5.32 Å². The van der Waals surface area contributed by atoms with Crippen LogP contribution in [-0.4, -0.2) is 44.8 Å². The lowest BCUT2D eigenvalue weighted by atomic mass is 10.0. The Kier molecular flexibility index (Phi) is 6.18. The summed E-state index contributed by atoms with van der Waals surface area (Å²) in [5.41, 5.74) is 0. The fourth-order valence-corrected chi connectivity index (χ4v) is 3.28. The van der Waals surface area contributed by atoms with E-state index in [-0.39, 0.29) is 0 Å². The van der Waals surface area contributed by atoms with Gasteiger partial charge in [-0.25, -0.2) is 9.67 Å². The number of hydrogen-bond donors (Lipinski definition) is 1. The van der Waals surface area contributed by atoms with E-state index in [0.717, 1.165) is 25.5 Å². The molecule has 0 aliphatic carbocycles. The molecule has 21 heavy (non-hydrogen) atoms. The Bertz CT molecular complexity index is 415. The monoisotopic (exact) mass is 293 g/mol. The third kappa shape index (κ3) is 4.27. The molecule has 0 aromatic carbocycles. The quantitative estimate of drug-likeness (QED) is 0.839. The molecule has 5 nitrogen and oxygen atoms in total. The highest BCUT2D eigenvalue weighted by Crippen LogP contribution is 2.18. The lowest BCUT2D eigenvalue weighted by molar-refractivity contribution is 0.106. The van der Waals surface area contributed by atoms with Gasteiger partial charge in [0.1, 0.15) is 12.2 Å². The summed E-state index contributed by atoms with van der Waals surface area (Å²) >= 11 is 0. The van der Waals surface area contributed by atoms with Crippen molar-refractivity contribution in [1.29, 1.82) is 0 Å². The Hall–Kier alpha value is -0.940. The maximum Gasteiger partial charge on any atom is 0.141 e. The highest BCUT2D eigenvalue weighted by atomic mass is 15.4. The van der Waals surface area contributed by atoms with Gasteiger partial charge in [-0.05, 0) is 26.7 Å². The first-order chi connectivity index (χ1) is 10.2. The molecule has 1 fully saturated rings. The second-order valence-electron chi connectivity index (χ2n) is 6.48. The second-order valence-corrected chi connectivity index (χ2v) is 6.48. The van der Waals surface area contributed by atoms with Gasteiger partial charge in [-0.15, -0.1) is 0 Å². The zero-order valence-corrected chi connectivity index (χ0v) is 14.0. The van der Waals surface area contributed by atoms with Crippen LogP contribution in [-0.2, 0) is 6.54 Å². The van der Waals surface area contributed by atoms with Crippen molar-refractivity contribution in [1.82, 2.24) is 25.0 Å². The van der Waals surface area contributed by atoms with E-state index in [4.69, 9.17) is 0 Å². The molecule has 5 heteroatoms. The molecule has 1 aliphatic heterocycles. The third-order valence-electron chi connectivity index (χ3n) is 4.35. The molecule has 0 bridgehead atoms. The van der Waals surface area contributed by atoms with Gasteiger partial charge in [0.15, 0.2) is 0 Å². The molecule has 1 aromatic heterocycles. The van der Waals surface area contributed by atoms with Crippen LogP contribution >= 0.6 is 0 Å². The van der Waals surface area contributed by atoms with Crippen molar-refractivity contribution in [3.8, 4) is 0 Å². The first-order valence-electron chi connectivity index (χ1n) is 8.51. The molecule has 0 amide bonds. The number of nitrogens with zero attached hydrogens (tertiary/aromatic N) is 4. The lowest BCUT2D eigenvalue weighted by Gasteiger charge is -2.40. The normalized spacial score (nSPS) is 23.9. The smallest absolute Gasteiger partial charge is 0.141 e. The highest BCUT2D eigenvalue weighted by Gasteiger charge is 2.28. The van der Waals surface area contributed by atoms with Gasteiger partial charge in [0.25, 0.3) is 0 Å². The lowest BCUT2D eigenvalue weighted by Crippen LogP contribution is -2.56. The molecule has 2 atom stereocenters. The fourth-order valence-electron chi connectivity index (χ4n) is 3.28. The minimum atomic E-state index is 0.376. The van der Waals surface area contributed by atoms with E-state index in [1.54, 1.807) is 6.33 Å². The van der Waals surface area contributed by atoms with Gasteiger partial charge >= 0.3 is 0 Å². The minimum absolute atomic E-state index is 0.376. The van der Waals surface area contributed by atoms with E-state index in [1.165, 1.54) is 25.7 Å². The maximum atomic E-state index is 4.49. The van der Waals surface area contributed by atoms with Gasteiger partial charge in [0.05, 0.1) is 6.54 Å². The van der Waals surface area contributed by atoms with Crippen molar-refractivity contribution < 1.29 is 0 Å². The van der Waals surface area contributed by atoms with Gasteiger partial charge in [-0.3, -0.25) is 4.90 Å². The molecule has 2 unspecified atom stereocenters. The van der Waals surface area contributed by atoms with Crippen LogP contribution in [0.5, 0.6) is 0 Å². The van der Waals surface area contributed by atoms with Gasteiger partial charge in [0.2, 0.25) is 0 Å². The molecule has 1 N–H and O–H groups in total. The van der Waals surface area contributed by atoms with Gasteiger partial charge < -0.3 is 5.32 Å². The summed E-state index contributed by atoms with van der Waals surface area (Å²) in [5, 5.41) is 8.09. The van der Waals surface area contributed by atoms with Crippen LogP contribution in [0, 0.1) is 0 Å². The zero-order chi connectivity index (χ0) is 15.2. The standard InChI is InChI=1S/C16H31N5/c1-5-7-14-10-20(15(8-6-2)9-17-14)11-16-18-12-19-21(16)13(3)4/h12-15,17H,5-11H2,1-4H3. The Morgan fingerprint density at radius 2 is 2.05 bits per heavy atom. The summed E-state index contributed by atoms with van der Waals surface area (Å²) in [6.07, 6.45) is 6.67. The number of hydrogen-bond acceptors (Lipinski definition) is 4. The van der Waals surface area contributed by atoms with Gasteiger partial charge in [-0.2, -0.15) is 5.10 Å². The van der Waals surface area contributed by atoms with Crippen molar-refractivity contribution in [2.45, 2.75) is 78.0 Å². The predicted molar refractivity (Wildman–Crippen MR) is 86.2 cm³/mol. The second kappa shape index (κ2) is 7.90. The summed E-state index contributed by atoms with van der Waals surface area (Å²) in [6, 6.07) is 1.63. The molecule has 1 aromatic rings. The van der Waals surface area contributed by atoms with Crippen molar-refractivity contribution in [2.75, 3.05) is 13.1 Å². The van der Waals surface area contributed by atoms with E-state index in [1.807, 2.05) is 0 Å². The van der Waals surface area contributed by atoms with Gasteiger partial charge in [-0.1, -0.05) is 26.7 Å². The molecular weight excluding hydrogens is 262 g/mol. The van der Waals surface area contributed by atoms with Crippen LogP contribution in [0.2, 0.25) is 0 Å². The van der Waals surface area contributed by atoms with Crippen molar-refractivity contribution in [2.24, 2.45) is 0 Å². The van der Waals surface area contributed by atoms with E-state index >= 15 is 0 Å². The number of piperazine rings is 1. The fraction of sp³-hybridized carbons (Fsp3) is 0.875. The summed E-state index contributed by atoms with van der Waals surface area (Å²) in [6.45, 7) is 12.0. The first-order valence-corrected chi connectivity index (χ1v) is 8.51. The summed E-state index contributed by atoms with van der Waals surface area (Å²) in [7, 11) is 0. The molecule has 2 rings (SSSR count). The molecule has 2 heterocycles. The SMILES string of the molecule is CCCC1CN(Cc2ncnn2C(C)C)C(CCC)CN1. The van der Waals surface area contributed by atoms with Crippen molar-refractivity contribution in [3.05, 3.63) is 12.2 Å². The average Bonchev–Trinajstić information content (AvgIpc) is 2.90. The summed E-state index contributed by atoms with van der Waals surface area (Å²) in [4.78, 5) is 7.10. The number of nitrogens with one attached hydrogen (secondary N) is 1. The van der Waals surface area contributed by atoms with Gasteiger partial charge in [0, 0.05) is 31.2 Å². The predicted octanol–water partition coefficient (Wildman–Crippen LogP) is 2.60. The number of rotatable bonds is 7. The minimum Gasteiger partial charge on any atom is -0.311 e. The van der Waals surface area contributed by atoms with E-state index in [2.05, 4.69) is 52.7 Å². The van der Waals surface area contributed by atoms with E-state index < -0.39 is 0 Å². The van der Waals surface area contributed by atoms with Crippen LogP contribution in [0.25, 0.3) is 0 Å². The Morgan fingerprint density at radius 3 is 2.71 bits per heavy atom. The van der Waals surface area contributed by atoms with E-state index in [9.17, 15) is 0 Å².